The van der Waals surface area contributed by atoms with Crippen molar-refractivity contribution in [2.75, 3.05) is 19.6 Å². The Balaban J connectivity index is 1.76. The van der Waals surface area contributed by atoms with E-state index in [1.54, 1.807) is 18.6 Å². The summed E-state index contributed by atoms with van der Waals surface area (Å²) in [6.07, 6.45) is 16.4. The molecule has 0 aromatic carbocycles. The van der Waals surface area contributed by atoms with Crippen LogP contribution < -0.4 is 0 Å². The molecule has 3 aromatic heterocycles. The highest BCUT2D eigenvalue weighted by Gasteiger charge is 2.55. The van der Waals surface area contributed by atoms with Crippen molar-refractivity contribution in [3.05, 3.63) is 72.6 Å². The van der Waals surface area contributed by atoms with Gasteiger partial charge in [-0.3, -0.25) is 9.97 Å². The van der Waals surface area contributed by atoms with Crippen molar-refractivity contribution < 1.29 is 0 Å². The molecule has 3 aromatic rings. The van der Waals surface area contributed by atoms with Crippen molar-refractivity contribution in [3.8, 4) is 0 Å². The lowest BCUT2D eigenvalue weighted by Gasteiger charge is -2.54. The normalized spacial score (nSPS) is 25.8. The van der Waals surface area contributed by atoms with E-state index in [9.17, 15) is 0 Å². The summed E-state index contributed by atoms with van der Waals surface area (Å²) >= 11 is 0. The molecule has 0 spiro atoms. The number of hydrogen-bond donors (Lipinski definition) is 0. The van der Waals surface area contributed by atoms with Crippen molar-refractivity contribution >= 4 is 0 Å². The SMILES string of the molecule is c1cnc(C2CCCN(N3CCCCC3)C2(c2cnccn2)c2cccnn2)nc1. The van der Waals surface area contributed by atoms with Crippen LogP contribution in [-0.2, 0) is 5.54 Å². The first kappa shape index (κ1) is 19.1. The van der Waals surface area contributed by atoms with Crippen LogP contribution in [0.5, 0.6) is 0 Å². The van der Waals surface area contributed by atoms with Gasteiger partial charge in [0.1, 0.15) is 11.4 Å². The molecule has 2 unspecified atom stereocenters. The molecule has 0 amide bonds. The molecule has 0 bridgehead atoms. The van der Waals surface area contributed by atoms with Crippen LogP contribution in [0, 0.1) is 0 Å². The first-order chi connectivity index (χ1) is 14.9. The van der Waals surface area contributed by atoms with Crippen LogP contribution in [0.25, 0.3) is 0 Å². The minimum atomic E-state index is -0.653. The van der Waals surface area contributed by atoms with Gasteiger partial charge in [-0.2, -0.15) is 10.2 Å². The molecule has 154 valence electrons. The van der Waals surface area contributed by atoms with Gasteiger partial charge in [0.25, 0.3) is 0 Å². The fourth-order valence-corrected chi connectivity index (χ4v) is 5.05. The van der Waals surface area contributed by atoms with Gasteiger partial charge in [-0.05, 0) is 43.9 Å². The molecule has 8 nitrogen and oxygen atoms in total. The Bertz CT molecular complexity index is 892. The van der Waals surface area contributed by atoms with Crippen LogP contribution in [0.15, 0.2) is 55.4 Å². The molecule has 2 aliphatic rings. The van der Waals surface area contributed by atoms with Crippen LogP contribution >= 0.6 is 0 Å². The molecule has 8 heteroatoms. The van der Waals surface area contributed by atoms with Crippen molar-refractivity contribution in [3.63, 3.8) is 0 Å². The summed E-state index contributed by atoms with van der Waals surface area (Å²) in [6, 6.07) is 5.87. The highest BCUT2D eigenvalue weighted by atomic mass is 15.7. The minimum Gasteiger partial charge on any atom is -0.261 e. The highest BCUT2D eigenvalue weighted by molar-refractivity contribution is 5.35. The van der Waals surface area contributed by atoms with Crippen LogP contribution in [0.3, 0.4) is 0 Å². The number of nitrogens with zero attached hydrogens (tertiary/aromatic N) is 8. The molecule has 2 aliphatic heterocycles. The number of hydrazine groups is 1. The van der Waals surface area contributed by atoms with Gasteiger partial charge in [-0.1, -0.05) is 6.42 Å². The zero-order valence-corrected chi connectivity index (χ0v) is 17.0. The topological polar surface area (TPSA) is 83.8 Å². The lowest BCUT2D eigenvalue weighted by molar-refractivity contribution is -0.139. The average molecular weight is 403 g/mol. The van der Waals surface area contributed by atoms with Gasteiger partial charge in [0.15, 0.2) is 0 Å². The monoisotopic (exact) mass is 402 g/mol. The number of aromatic nitrogens is 6. The number of hydrogen-bond acceptors (Lipinski definition) is 8. The van der Waals surface area contributed by atoms with Crippen molar-refractivity contribution in [2.45, 2.75) is 43.6 Å². The maximum atomic E-state index is 4.82. The summed E-state index contributed by atoms with van der Waals surface area (Å²) in [4.78, 5) is 18.6. The van der Waals surface area contributed by atoms with E-state index in [4.69, 9.17) is 4.98 Å². The van der Waals surface area contributed by atoms with E-state index >= 15 is 0 Å². The second kappa shape index (κ2) is 8.49. The molecule has 5 heterocycles. The van der Waals surface area contributed by atoms with Crippen LogP contribution in [0.4, 0.5) is 0 Å². The largest absolute Gasteiger partial charge is 0.261 e. The van der Waals surface area contributed by atoms with Gasteiger partial charge in [-0.25, -0.2) is 20.0 Å². The van der Waals surface area contributed by atoms with E-state index in [1.807, 2.05) is 30.7 Å². The molecule has 2 saturated heterocycles. The predicted octanol–water partition coefficient (Wildman–Crippen LogP) is 2.58. The van der Waals surface area contributed by atoms with Gasteiger partial charge in [0.05, 0.1) is 23.5 Å². The Labute approximate surface area is 176 Å². The lowest BCUT2D eigenvalue weighted by atomic mass is 9.72. The summed E-state index contributed by atoms with van der Waals surface area (Å²) in [5, 5.41) is 13.8. The summed E-state index contributed by atoms with van der Waals surface area (Å²) < 4.78 is 0. The molecular formula is C22H26N8. The summed E-state index contributed by atoms with van der Waals surface area (Å²) in [7, 11) is 0. The number of rotatable bonds is 4. The van der Waals surface area contributed by atoms with Gasteiger partial charge in [0, 0.05) is 50.6 Å². The maximum Gasteiger partial charge on any atom is 0.134 e. The van der Waals surface area contributed by atoms with E-state index in [2.05, 4.69) is 41.2 Å². The van der Waals surface area contributed by atoms with Crippen LogP contribution in [0.1, 0.15) is 55.2 Å². The van der Waals surface area contributed by atoms with Gasteiger partial charge in [-0.15, -0.1) is 0 Å². The third-order valence-electron chi connectivity index (χ3n) is 6.26. The molecule has 5 rings (SSSR count). The zero-order chi connectivity index (χ0) is 20.2. The van der Waals surface area contributed by atoms with Crippen LogP contribution in [-0.4, -0.2) is 59.8 Å². The highest BCUT2D eigenvalue weighted by Crippen LogP contribution is 2.50. The fourth-order valence-electron chi connectivity index (χ4n) is 5.05. The standard InChI is InChI=1S/C22H26N8/c1-2-14-29(15-3-1)30-16-5-7-18(21-25-9-6-10-26-21)22(30,19-8-4-11-27-28-19)20-17-23-12-13-24-20/h4,6,8-13,17-18H,1-3,5,7,14-16H2. The Kier molecular flexibility index (Phi) is 5.42. The molecule has 2 atom stereocenters. The van der Waals surface area contributed by atoms with E-state index in [1.165, 1.54) is 19.3 Å². The summed E-state index contributed by atoms with van der Waals surface area (Å²) in [5.41, 5.74) is 1.08. The molecular weight excluding hydrogens is 376 g/mol. The Morgan fingerprint density at radius 3 is 2.40 bits per heavy atom. The molecule has 2 fully saturated rings. The molecule has 30 heavy (non-hydrogen) atoms. The molecule has 0 N–H and O–H groups in total. The molecule has 0 aliphatic carbocycles. The average Bonchev–Trinajstić information content (AvgIpc) is 2.85. The third kappa shape index (κ3) is 3.26. The smallest absolute Gasteiger partial charge is 0.134 e. The Morgan fingerprint density at radius 1 is 0.800 bits per heavy atom. The van der Waals surface area contributed by atoms with E-state index < -0.39 is 5.54 Å². The quantitative estimate of drug-likeness (QED) is 0.658. The first-order valence-corrected chi connectivity index (χ1v) is 10.7. The summed E-state index contributed by atoms with van der Waals surface area (Å²) in [5.74, 6) is 0.804. The van der Waals surface area contributed by atoms with Crippen molar-refractivity contribution in [1.82, 2.24) is 40.2 Å². The van der Waals surface area contributed by atoms with Gasteiger partial charge < -0.3 is 0 Å². The minimum absolute atomic E-state index is 0.0113. The third-order valence-corrected chi connectivity index (χ3v) is 6.26. The Hall–Kier alpha value is -2.84. The molecule has 0 saturated carbocycles. The maximum absolute atomic E-state index is 4.82. The van der Waals surface area contributed by atoms with E-state index in [-0.39, 0.29) is 5.92 Å². The first-order valence-electron chi connectivity index (χ1n) is 10.7. The second-order valence-electron chi connectivity index (χ2n) is 7.91. The van der Waals surface area contributed by atoms with Crippen molar-refractivity contribution in [1.29, 1.82) is 0 Å². The number of piperidine rings is 2. The van der Waals surface area contributed by atoms with E-state index in [0.29, 0.717) is 0 Å². The lowest BCUT2D eigenvalue weighted by Crippen LogP contribution is -2.63. The Morgan fingerprint density at radius 2 is 1.67 bits per heavy atom. The van der Waals surface area contributed by atoms with E-state index in [0.717, 1.165) is 49.7 Å². The molecule has 0 radical (unpaired) electrons. The predicted molar refractivity (Wildman–Crippen MR) is 111 cm³/mol. The summed E-state index contributed by atoms with van der Waals surface area (Å²) in [6.45, 7) is 2.99. The zero-order valence-electron chi connectivity index (χ0n) is 17.0. The van der Waals surface area contributed by atoms with Gasteiger partial charge in [0.2, 0.25) is 0 Å². The second-order valence-corrected chi connectivity index (χ2v) is 7.91. The van der Waals surface area contributed by atoms with Crippen LogP contribution in [0.2, 0.25) is 0 Å². The fraction of sp³-hybridized carbons (Fsp3) is 0.455. The van der Waals surface area contributed by atoms with Crippen molar-refractivity contribution in [2.24, 2.45) is 0 Å². The van der Waals surface area contributed by atoms with Gasteiger partial charge >= 0.3 is 0 Å².